The van der Waals surface area contributed by atoms with Crippen LogP contribution in [-0.4, -0.2) is 40.6 Å². The SMILES string of the molecule is COc1ccccc1N(C)S(=O)(=O)c1ccc(C(=O)O[C@H](C)C(=O)Nc2ccccc2F)cc1. The Balaban J connectivity index is 1.70. The summed E-state index contributed by atoms with van der Waals surface area (Å²) in [6.45, 7) is 1.34. The highest BCUT2D eigenvalue weighted by molar-refractivity contribution is 7.92. The summed E-state index contributed by atoms with van der Waals surface area (Å²) in [5.74, 6) is -1.78. The third-order valence-corrected chi connectivity index (χ3v) is 6.74. The van der Waals surface area contributed by atoms with Gasteiger partial charge in [0.05, 0.1) is 28.9 Å². The first-order chi connectivity index (χ1) is 16.1. The molecule has 0 saturated carbocycles. The molecule has 0 spiro atoms. The zero-order valence-electron chi connectivity index (χ0n) is 18.7. The van der Waals surface area contributed by atoms with Crippen molar-refractivity contribution in [2.24, 2.45) is 0 Å². The topological polar surface area (TPSA) is 102 Å². The van der Waals surface area contributed by atoms with Crippen LogP contribution in [0.4, 0.5) is 15.8 Å². The van der Waals surface area contributed by atoms with Gasteiger partial charge in [0, 0.05) is 7.05 Å². The zero-order valence-corrected chi connectivity index (χ0v) is 19.5. The van der Waals surface area contributed by atoms with Gasteiger partial charge in [0.25, 0.3) is 15.9 Å². The average molecular weight is 487 g/mol. The summed E-state index contributed by atoms with van der Waals surface area (Å²) in [7, 11) is -1.10. The van der Waals surface area contributed by atoms with Crippen molar-refractivity contribution < 1.29 is 31.9 Å². The third-order valence-electron chi connectivity index (χ3n) is 4.96. The molecule has 1 atom stereocenters. The zero-order chi connectivity index (χ0) is 24.9. The van der Waals surface area contributed by atoms with E-state index in [1.165, 1.54) is 63.5 Å². The summed E-state index contributed by atoms with van der Waals surface area (Å²) in [6, 6.07) is 17.4. The van der Waals surface area contributed by atoms with E-state index in [9.17, 15) is 22.4 Å². The number of nitrogens with one attached hydrogen (secondary N) is 1. The highest BCUT2D eigenvalue weighted by Crippen LogP contribution is 2.30. The molecule has 3 aromatic carbocycles. The number of hydrogen-bond donors (Lipinski definition) is 1. The lowest BCUT2D eigenvalue weighted by Gasteiger charge is -2.21. The highest BCUT2D eigenvalue weighted by Gasteiger charge is 2.25. The number of methoxy groups -OCH3 is 1. The summed E-state index contributed by atoms with van der Waals surface area (Å²) >= 11 is 0. The lowest BCUT2D eigenvalue weighted by Crippen LogP contribution is -2.30. The van der Waals surface area contributed by atoms with Crippen LogP contribution in [0.15, 0.2) is 77.7 Å². The Hall–Kier alpha value is -3.92. The quantitative estimate of drug-likeness (QED) is 0.486. The van der Waals surface area contributed by atoms with Gasteiger partial charge in [-0.25, -0.2) is 17.6 Å². The van der Waals surface area contributed by atoms with E-state index >= 15 is 0 Å². The smallest absolute Gasteiger partial charge is 0.338 e. The fourth-order valence-electron chi connectivity index (χ4n) is 3.02. The largest absolute Gasteiger partial charge is 0.495 e. The second kappa shape index (κ2) is 10.3. The van der Waals surface area contributed by atoms with Crippen LogP contribution < -0.4 is 14.4 Å². The van der Waals surface area contributed by atoms with Crippen LogP contribution >= 0.6 is 0 Å². The first-order valence-electron chi connectivity index (χ1n) is 10.1. The van der Waals surface area contributed by atoms with E-state index in [0.29, 0.717) is 11.4 Å². The molecule has 0 unspecified atom stereocenters. The molecule has 0 aromatic heterocycles. The third kappa shape index (κ3) is 5.34. The molecule has 178 valence electrons. The summed E-state index contributed by atoms with van der Waals surface area (Å²) in [4.78, 5) is 24.6. The number of benzene rings is 3. The number of esters is 1. The molecule has 3 aromatic rings. The Morgan fingerprint density at radius 3 is 2.24 bits per heavy atom. The number of rotatable bonds is 8. The van der Waals surface area contributed by atoms with Crippen molar-refractivity contribution in [1.29, 1.82) is 0 Å². The maximum absolute atomic E-state index is 13.7. The molecule has 0 saturated heterocycles. The molecule has 3 rings (SSSR count). The molecule has 1 amide bonds. The van der Waals surface area contributed by atoms with Crippen molar-refractivity contribution >= 4 is 33.3 Å². The number of sulfonamides is 1. The summed E-state index contributed by atoms with van der Waals surface area (Å²) in [6.07, 6.45) is -1.22. The minimum atomic E-state index is -3.94. The van der Waals surface area contributed by atoms with Gasteiger partial charge in [-0.05, 0) is 55.5 Å². The van der Waals surface area contributed by atoms with Gasteiger partial charge in [0.1, 0.15) is 11.6 Å². The van der Waals surface area contributed by atoms with Crippen LogP contribution in [-0.2, 0) is 19.6 Å². The first kappa shape index (κ1) is 24.7. The van der Waals surface area contributed by atoms with Gasteiger partial charge < -0.3 is 14.8 Å². The number of nitrogens with zero attached hydrogens (tertiary/aromatic N) is 1. The van der Waals surface area contributed by atoms with Gasteiger partial charge in [0.15, 0.2) is 6.10 Å². The predicted molar refractivity (Wildman–Crippen MR) is 125 cm³/mol. The minimum absolute atomic E-state index is 0.0378. The molecule has 0 aliphatic heterocycles. The van der Waals surface area contributed by atoms with Gasteiger partial charge in [-0.1, -0.05) is 24.3 Å². The maximum atomic E-state index is 13.7. The van der Waals surface area contributed by atoms with Crippen LogP contribution in [0.5, 0.6) is 5.75 Å². The summed E-state index contributed by atoms with van der Waals surface area (Å²) in [5.41, 5.74) is 0.358. The molecule has 0 fully saturated rings. The van der Waals surface area contributed by atoms with E-state index in [1.54, 1.807) is 30.3 Å². The number of carbonyl (C=O) groups is 2. The van der Waals surface area contributed by atoms with Crippen molar-refractivity contribution in [3.05, 3.63) is 84.2 Å². The molecule has 34 heavy (non-hydrogen) atoms. The minimum Gasteiger partial charge on any atom is -0.495 e. The number of para-hydroxylation sites is 3. The number of ether oxygens (including phenoxy) is 2. The Kier molecular flexibility index (Phi) is 7.52. The van der Waals surface area contributed by atoms with Crippen LogP contribution in [0.25, 0.3) is 0 Å². The van der Waals surface area contributed by atoms with Gasteiger partial charge in [-0.15, -0.1) is 0 Å². The fourth-order valence-corrected chi connectivity index (χ4v) is 4.23. The van der Waals surface area contributed by atoms with Crippen molar-refractivity contribution in [1.82, 2.24) is 0 Å². The van der Waals surface area contributed by atoms with Gasteiger partial charge in [-0.2, -0.15) is 0 Å². The fraction of sp³-hybridized carbons (Fsp3) is 0.167. The number of carbonyl (C=O) groups excluding carboxylic acids is 2. The maximum Gasteiger partial charge on any atom is 0.338 e. The van der Waals surface area contributed by atoms with Crippen LogP contribution in [0.3, 0.4) is 0 Å². The van der Waals surface area contributed by atoms with E-state index in [4.69, 9.17) is 9.47 Å². The molecular formula is C24H23FN2O6S. The number of amides is 1. The van der Waals surface area contributed by atoms with E-state index < -0.39 is 33.8 Å². The number of halogens is 1. The summed E-state index contributed by atoms with van der Waals surface area (Å²) < 4.78 is 51.2. The number of hydrogen-bond acceptors (Lipinski definition) is 6. The molecule has 0 aliphatic rings. The second-order valence-corrected chi connectivity index (χ2v) is 9.15. The van der Waals surface area contributed by atoms with E-state index in [0.717, 1.165) is 4.31 Å². The van der Waals surface area contributed by atoms with Gasteiger partial charge in [-0.3, -0.25) is 9.10 Å². The molecule has 1 N–H and O–H groups in total. The second-order valence-electron chi connectivity index (χ2n) is 7.19. The first-order valence-corrected chi connectivity index (χ1v) is 11.6. The Labute approximate surface area is 197 Å². The lowest BCUT2D eigenvalue weighted by molar-refractivity contribution is -0.123. The highest BCUT2D eigenvalue weighted by atomic mass is 32.2. The van der Waals surface area contributed by atoms with E-state index in [-0.39, 0.29) is 16.1 Å². The number of anilines is 2. The summed E-state index contributed by atoms with van der Waals surface area (Å²) in [5, 5.41) is 2.35. The van der Waals surface area contributed by atoms with Crippen molar-refractivity contribution in [3.63, 3.8) is 0 Å². The van der Waals surface area contributed by atoms with Gasteiger partial charge >= 0.3 is 5.97 Å². The normalized spacial score (nSPS) is 11.9. The van der Waals surface area contributed by atoms with E-state index in [2.05, 4.69) is 5.32 Å². The Morgan fingerprint density at radius 2 is 1.59 bits per heavy atom. The molecule has 10 heteroatoms. The van der Waals surface area contributed by atoms with Gasteiger partial charge in [0.2, 0.25) is 0 Å². The molecule has 0 bridgehead atoms. The van der Waals surface area contributed by atoms with Crippen LogP contribution in [0, 0.1) is 5.82 Å². The van der Waals surface area contributed by atoms with Crippen molar-refractivity contribution in [2.75, 3.05) is 23.8 Å². The standard InChI is InChI=1S/C24H23FN2O6S/c1-16(23(28)26-20-9-5-4-8-19(20)25)33-24(29)17-12-14-18(15-13-17)34(30,31)27(2)21-10-6-7-11-22(21)32-3/h4-16H,1-3H3,(H,26,28)/t16-/m1/s1. The van der Waals surface area contributed by atoms with Crippen molar-refractivity contribution in [3.8, 4) is 5.75 Å². The Bertz CT molecular complexity index is 1290. The Morgan fingerprint density at radius 1 is 0.971 bits per heavy atom. The van der Waals surface area contributed by atoms with Crippen LogP contribution in [0.1, 0.15) is 17.3 Å². The molecule has 8 nitrogen and oxygen atoms in total. The monoisotopic (exact) mass is 486 g/mol. The average Bonchev–Trinajstić information content (AvgIpc) is 2.84. The lowest BCUT2D eigenvalue weighted by atomic mass is 10.2. The predicted octanol–water partition coefficient (Wildman–Crippen LogP) is 3.84. The van der Waals surface area contributed by atoms with E-state index in [1.807, 2.05) is 0 Å². The molecule has 0 radical (unpaired) electrons. The molecular weight excluding hydrogens is 463 g/mol. The molecule has 0 aliphatic carbocycles. The van der Waals surface area contributed by atoms with Crippen LogP contribution in [0.2, 0.25) is 0 Å². The van der Waals surface area contributed by atoms with Crippen molar-refractivity contribution in [2.45, 2.75) is 17.9 Å². The molecule has 0 heterocycles.